The molecule has 0 aliphatic heterocycles. The molecule has 2 aromatic rings. The number of para-hydroxylation sites is 1. The van der Waals surface area contributed by atoms with Gasteiger partial charge in [-0.15, -0.1) is 0 Å². The second kappa shape index (κ2) is 5.91. The van der Waals surface area contributed by atoms with E-state index in [-0.39, 0.29) is 11.5 Å². The minimum Gasteiger partial charge on any atom is -0.456 e. The molecule has 0 saturated heterocycles. The van der Waals surface area contributed by atoms with Gasteiger partial charge in [0.2, 0.25) is 0 Å². The number of non-ortho nitro benzene ring substituents is 1. The maximum Gasteiger partial charge on any atom is 0.273 e. The quantitative estimate of drug-likeness (QED) is 0.295. The number of oxime groups is 1. The molecule has 0 heterocycles. The minimum absolute atomic E-state index is 0.0774. The lowest BCUT2D eigenvalue weighted by atomic mass is 10.1. The van der Waals surface area contributed by atoms with Crippen LogP contribution in [0.1, 0.15) is 11.1 Å². The summed E-state index contributed by atoms with van der Waals surface area (Å²) in [7, 11) is 0. The normalized spacial score (nSPS) is 11.2. The molecule has 3 N–H and O–H groups in total. The number of hydrogen-bond acceptors (Lipinski definition) is 5. The minimum atomic E-state index is -0.505. The molecular formula is C14H13N3O4. The molecule has 0 aliphatic carbocycles. The van der Waals surface area contributed by atoms with Crippen molar-refractivity contribution >= 4 is 11.5 Å². The lowest BCUT2D eigenvalue weighted by molar-refractivity contribution is -0.384. The Labute approximate surface area is 120 Å². The van der Waals surface area contributed by atoms with Crippen LogP contribution in [-0.4, -0.2) is 16.0 Å². The van der Waals surface area contributed by atoms with E-state index in [9.17, 15) is 10.1 Å². The Morgan fingerprint density at radius 3 is 2.71 bits per heavy atom. The zero-order chi connectivity index (χ0) is 15.4. The van der Waals surface area contributed by atoms with Gasteiger partial charge in [-0.2, -0.15) is 0 Å². The Hall–Kier alpha value is -3.09. The van der Waals surface area contributed by atoms with Crippen molar-refractivity contribution in [2.24, 2.45) is 10.9 Å². The maximum atomic E-state index is 10.8. The van der Waals surface area contributed by atoms with Crippen molar-refractivity contribution in [2.45, 2.75) is 6.92 Å². The Morgan fingerprint density at radius 2 is 2.05 bits per heavy atom. The third kappa shape index (κ3) is 3.08. The van der Waals surface area contributed by atoms with Gasteiger partial charge in [0, 0.05) is 6.07 Å². The lowest BCUT2D eigenvalue weighted by Gasteiger charge is -2.12. The molecule has 108 valence electrons. The number of ether oxygens (including phenoxy) is 1. The third-order valence-corrected chi connectivity index (χ3v) is 2.84. The molecular weight excluding hydrogens is 274 g/mol. The fraction of sp³-hybridized carbons (Fsp3) is 0.0714. The van der Waals surface area contributed by atoms with Crippen LogP contribution < -0.4 is 10.5 Å². The van der Waals surface area contributed by atoms with Gasteiger partial charge in [-0.05, 0) is 24.6 Å². The predicted molar refractivity (Wildman–Crippen MR) is 76.9 cm³/mol. The van der Waals surface area contributed by atoms with Crippen LogP contribution in [0.5, 0.6) is 11.5 Å². The van der Waals surface area contributed by atoms with Crippen LogP contribution in [0, 0.1) is 17.0 Å². The first kappa shape index (κ1) is 14.3. The van der Waals surface area contributed by atoms with Crippen LogP contribution >= 0.6 is 0 Å². The number of rotatable bonds is 4. The van der Waals surface area contributed by atoms with Crippen molar-refractivity contribution < 1.29 is 14.9 Å². The molecule has 0 atom stereocenters. The van der Waals surface area contributed by atoms with Crippen molar-refractivity contribution in [2.75, 3.05) is 0 Å². The van der Waals surface area contributed by atoms with Gasteiger partial charge in [0.1, 0.15) is 11.5 Å². The predicted octanol–water partition coefficient (Wildman–Crippen LogP) is 2.79. The van der Waals surface area contributed by atoms with E-state index in [1.807, 2.05) is 0 Å². The monoisotopic (exact) mass is 287 g/mol. The van der Waals surface area contributed by atoms with Gasteiger partial charge in [0.15, 0.2) is 5.84 Å². The van der Waals surface area contributed by atoms with Gasteiger partial charge in [-0.1, -0.05) is 23.4 Å². The summed E-state index contributed by atoms with van der Waals surface area (Å²) in [4.78, 5) is 10.3. The second-order valence-electron chi connectivity index (χ2n) is 4.29. The molecule has 0 unspecified atom stereocenters. The van der Waals surface area contributed by atoms with E-state index in [1.54, 1.807) is 31.2 Å². The summed E-state index contributed by atoms with van der Waals surface area (Å²) >= 11 is 0. The highest BCUT2D eigenvalue weighted by molar-refractivity contribution is 6.00. The summed E-state index contributed by atoms with van der Waals surface area (Å²) < 4.78 is 5.68. The van der Waals surface area contributed by atoms with Gasteiger partial charge in [0.25, 0.3) is 5.69 Å². The van der Waals surface area contributed by atoms with Crippen molar-refractivity contribution in [3.63, 3.8) is 0 Å². The van der Waals surface area contributed by atoms with Crippen LogP contribution in [0.4, 0.5) is 5.69 Å². The van der Waals surface area contributed by atoms with Crippen molar-refractivity contribution in [3.8, 4) is 11.5 Å². The Balaban J connectivity index is 2.44. The molecule has 2 aromatic carbocycles. The Bertz CT molecular complexity index is 713. The highest BCUT2D eigenvalue weighted by Gasteiger charge is 2.13. The van der Waals surface area contributed by atoms with E-state index in [2.05, 4.69) is 5.16 Å². The summed E-state index contributed by atoms with van der Waals surface area (Å²) in [5, 5.41) is 22.5. The third-order valence-electron chi connectivity index (χ3n) is 2.84. The molecule has 0 fully saturated rings. The zero-order valence-corrected chi connectivity index (χ0v) is 11.2. The summed E-state index contributed by atoms with van der Waals surface area (Å²) in [6.07, 6.45) is 0. The number of aryl methyl sites for hydroxylation is 1. The summed E-state index contributed by atoms with van der Waals surface area (Å²) in [6, 6.07) is 11.0. The van der Waals surface area contributed by atoms with E-state index < -0.39 is 4.92 Å². The van der Waals surface area contributed by atoms with Gasteiger partial charge in [0.05, 0.1) is 16.6 Å². The standard InChI is InChI=1S/C14H13N3O4/c1-9-4-2-7-12(14(15)16-18)13(9)21-11-6-3-5-10(8-11)17(19)20/h2-8,18H,1H3,(H2,15,16). The van der Waals surface area contributed by atoms with Crippen molar-refractivity contribution in [1.82, 2.24) is 0 Å². The fourth-order valence-corrected chi connectivity index (χ4v) is 1.82. The number of hydrogen-bond donors (Lipinski definition) is 2. The van der Waals surface area contributed by atoms with Gasteiger partial charge in [-0.3, -0.25) is 10.1 Å². The first-order valence-electron chi connectivity index (χ1n) is 6.02. The molecule has 0 aliphatic rings. The first-order chi connectivity index (χ1) is 10.0. The average Bonchev–Trinajstić information content (AvgIpc) is 2.48. The molecule has 0 bridgehead atoms. The highest BCUT2D eigenvalue weighted by Crippen LogP contribution is 2.30. The first-order valence-corrected chi connectivity index (χ1v) is 6.02. The summed E-state index contributed by atoms with van der Waals surface area (Å²) in [5.74, 6) is 0.581. The number of nitro groups is 1. The molecule has 7 nitrogen and oxygen atoms in total. The second-order valence-corrected chi connectivity index (χ2v) is 4.29. The molecule has 0 aromatic heterocycles. The topological polar surface area (TPSA) is 111 Å². The van der Waals surface area contributed by atoms with Gasteiger partial charge in [-0.25, -0.2) is 0 Å². The molecule has 0 radical (unpaired) electrons. The molecule has 2 rings (SSSR count). The van der Waals surface area contributed by atoms with Crippen molar-refractivity contribution in [3.05, 3.63) is 63.7 Å². The number of nitro benzene ring substituents is 1. The SMILES string of the molecule is Cc1cccc(/C(N)=N/O)c1Oc1cccc([N+](=O)[O-])c1. The van der Waals surface area contributed by atoms with Gasteiger partial charge < -0.3 is 15.7 Å². The molecule has 0 amide bonds. The summed E-state index contributed by atoms with van der Waals surface area (Å²) in [5.41, 5.74) is 6.69. The van der Waals surface area contributed by atoms with E-state index in [4.69, 9.17) is 15.7 Å². The van der Waals surface area contributed by atoms with E-state index in [1.165, 1.54) is 18.2 Å². The van der Waals surface area contributed by atoms with E-state index >= 15 is 0 Å². The molecule has 0 spiro atoms. The molecule has 7 heteroatoms. The smallest absolute Gasteiger partial charge is 0.273 e. The maximum absolute atomic E-state index is 10.8. The number of nitrogens with two attached hydrogens (primary N) is 1. The lowest BCUT2D eigenvalue weighted by Crippen LogP contribution is -2.14. The average molecular weight is 287 g/mol. The number of benzene rings is 2. The summed E-state index contributed by atoms with van der Waals surface area (Å²) in [6.45, 7) is 1.79. The van der Waals surface area contributed by atoms with Crippen LogP contribution in [0.25, 0.3) is 0 Å². The van der Waals surface area contributed by atoms with Crippen molar-refractivity contribution in [1.29, 1.82) is 0 Å². The van der Waals surface area contributed by atoms with Crippen LogP contribution in [0.2, 0.25) is 0 Å². The Morgan fingerprint density at radius 1 is 1.33 bits per heavy atom. The molecule has 0 saturated carbocycles. The van der Waals surface area contributed by atoms with E-state index in [0.29, 0.717) is 17.1 Å². The number of nitrogens with zero attached hydrogens (tertiary/aromatic N) is 2. The largest absolute Gasteiger partial charge is 0.456 e. The van der Waals surface area contributed by atoms with Gasteiger partial charge >= 0.3 is 0 Å². The van der Waals surface area contributed by atoms with Crippen LogP contribution in [0.3, 0.4) is 0 Å². The molecule has 21 heavy (non-hydrogen) atoms. The van der Waals surface area contributed by atoms with E-state index in [0.717, 1.165) is 5.56 Å². The Kier molecular flexibility index (Phi) is 4.03. The van der Waals surface area contributed by atoms with Crippen LogP contribution in [-0.2, 0) is 0 Å². The highest BCUT2D eigenvalue weighted by atomic mass is 16.6. The number of amidine groups is 1. The zero-order valence-electron chi connectivity index (χ0n) is 11.2. The fourth-order valence-electron chi connectivity index (χ4n) is 1.82. The van der Waals surface area contributed by atoms with Crippen LogP contribution in [0.15, 0.2) is 47.6 Å².